The Balaban J connectivity index is 1.80. The van der Waals surface area contributed by atoms with Crippen LogP contribution in [0, 0.1) is 0 Å². The van der Waals surface area contributed by atoms with Gasteiger partial charge in [0.1, 0.15) is 11.4 Å². The van der Waals surface area contributed by atoms with Gasteiger partial charge in [-0.1, -0.05) is 90.8 Å². The second kappa shape index (κ2) is 11.5. The number of amides is 1. The lowest BCUT2D eigenvalue weighted by atomic mass is 10.1. The largest absolute Gasteiger partial charge is 0.359 e. The minimum atomic E-state index is -0.375. The maximum Gasteiger partial charge on any atom is 0.359 e. The fourth-order valence-corrected chi connectivity index (χ4v) is 3.86. The SMILES string of the molecule is CCCCCCCCNC(=O)n1nc(-c2ccc(Cl)cc2)c(-c2ccc(Cl)cc2Cl)n1. The van der Waals surface area contributed by atoms with Crippen LogP contribution in [0.4, 0.5) is 4.79 Å². The maximum atomic E-state index is 12.7. The van der Waals surface area contributed by atoms with Crippen molar-refractivity contribution in [2.24, 2.45) is 0 Å². The van der Waals surface area contributed by atoms with Gasteiger partial charge in [0.15, 0.2) is 0 Å². The van der Waals surface area contributed by atoms with Crippen molar-refractivity contribution >= 4 is 40.8 Å². The number of unbranched alkanes of at least 4 members (excludes halogenated alkanes) is 5. The summed E-state index contributed by atoms with van der Waals surface area (Å²) in [6.07, 6.45) is 6.92. The molecule has 31 heavy (non-hydrogen) atoms. The second-order valence-corrected chi connectivity index (χ2v) is 8.60. The first-order valence-electron chi connectivity index (χ1n) is 10.5. The summed E-state index contributed by atoms with van der Waals surface area (Å²) in [6.45, 7) is 2.78. The molecule has 0 radical (unpaired) electrons. The van der Waals surface area contributed by atoms with Crippen molar-refractivity contribution in [3.05, 3.63) is 57.5 Å². The lowest BCUT2D eigenvalue weighted by molar-refractivity contribution is 0.236. The van der Waals surface area contributed by atoms with Crippen LogP contribution in [0.1, 0.15) is 45.4 Å². The molecule has 8 heteroatoms. The number of hydrogen-bond donors (Lipinski definition) is 1. The molecule has 0 saturated heterocycles. The monoisotopic (exact) mass is 478 g/mol. The van der Waals surface area contributed by atoms with E-state index in [1.165, 1.54) is 25.7 Å². The number of carbonyl (C=O) groups is 1. The zero-order valence-corrected chi connectivity index (χ0v) is 19.6. The van der Waals surface area contributed by atoms with E-state index < -0.39 is 0 Å². The third kappa shape index (κ3) is 6.45. The summed E-state index contributed by atoms with van der Waals surface area (Å²) in [7, 11) is 0. The van der Waals surface area contributed by atoms with Crippen LogP contribution >= 0.6 is 34.8 Å². The Kier molecular flexibility index (Phi) is 8.76. The summed E-state index contributed by atoms with van der Waals surface area (Å²) in [6, 6.07) is 12.0. The van der Waals surface area contributed by atoms with Gasteiger partial charge in [0.2, 0.25) is 0 Å². The van der Waals surface area contributed by atoms with Crippen molar-refractivity contribution < 1.29 is 4.79 Å². The molecule has 3 aromatic rings. The average Bonchev–Trinajstić information content (AvgIpc) is 3.18. The van der Waals surface area contributed by atoms with Crippen LogP contribution < -0.4 is 5.32 Å². The molecule has 5 nitrogen and oxygen atoms in total. The van der Waals surface area contributed by atoms with Crippen molar-refractivity contribution in [1.82, 2.24) is 20.3 Å². The van der Waals surface area contributed by atoms with Crippen molar-refractivity contribution in [3.63, 3.8) is 0 Å². The third-order valence-electron chi connectivity index (χ3n) is 4.91. The normalized spacial score (nSPS) is 11.0. The summed E-state index contributed by atoms with van der Waals surface area (Å²) < 4.78 is 0. The van der Waals surface area contributed by atoms with Crippen molar-refractivity contribution in [2.45, 2.75) is 45.4 Å². The summed E-state index contributed by atoms with van der Waals surface area (Å²) in [5, 5.41) is 13.3. The van der Waals surface area contributed by atoms with Gasteiger partial charge in [0.25, 0.3) is 0 Å². The van der Waals surface area contributed by atoms with Gasteiger partial charge in [0, 0.05) is 27.7 Å². The molecule has 0 unspecified atom stereocenters. The van der Waals surface area contributed by atoms with E-state index in [0.29, 0.717) is 38.6 Å². The Hall–Kier alpha value is -2.08. The molecule has 0 saturated carbocycles. The van der Waals surface area contributed by atoms with Crippen LogP contribution in [-0.4, -0.2) is 27.6 Å². The smallest absolute Gasteiger partial charge is 0.335 e. The molecule has 0 bridgehead atoms. The third-order valence-corrected chi connectivity index (χ3v) is 5.71. The number of hydrogen-bond acceptors (Lipinski definition) is 3. The molecular formula is C23H25Cl3N4O. The maximum absolute atomic E-state index is 12.7. The molecule has 3 rings (SSSR count). The Morgan fingerprint density at radius 2 is 1.52 bits per heavy atom. The summed E-state index contributed by atoms with van der Waals surface area (Å²) >= 11 is 18.5. The Labute approximate surface area is 197 Å². The van der Waals surface area contributed by atoms with Crippen LogP contribution in [0.15, 0.2) is 42.5 Å². The van der Waals surface area contributed by atoms with Crippen molar-refractivity contribution in [2.75, 3.05) is 6.54 Å². The predicted octanol–water partition coefficient (Wildman–Crippen LogP) is 7.49. The highest BCUT2D eigenvalue weighted by Crippen LogP contribution is 2.35. The van der Waals surface area contributed by atoms with Crippen molar-refractivity contribution in [3.8, 4) is 22.5 Å². The van der Waals surface area contributed by atoms with Gasteiger partial charge in [-0.05, 0) is 36.8 Å². The van der Waals surface area contributed by atoms with E-state index in [1.54, 1.807) is 30.3 Å². The lowest BCUT2D eigenvalue weighted by Crippen LogP contribution is -2.31. The van der Waals surface area contributed by atoms with Gasteiger partial charge in [-0.2, -0.15) is 0 Å². The van der Waals surface area contributed by atoms with E-state index in [1.807, 2.05) is 12.1 Å². The predicted molar refractivity (Wildman–Crippen MR) is 128 cm³/mol. The van der Waals surface area contributed by atoms with Gasteiger partial charge in [0.05, 0.1) is 5.02 Å². The molecule has 1 aromatic heterocycles. The average molecular weight is 480 g/mol. The molecule has 0 spiro atoms. The lowest BCUT2D eigenvalue weighted by Gasteiger charge is -2.04. The number of rotatable bonds is 9. The summed E-state index contributed by atoms with van der Waals surface area (Å²) in [4.78, 5) is 13.7. The van der Waals surface area contributed by atoms with Crippen LogP contribution in [-0.2, 0) is 0 Å². The Bertz CT molecular complexity index is 1020. The van der Waals surface area contributed by atoms with Crippen molar-refractivity contribution in [1.29, 1.82) is 0 Å². The number of nitrogens with zero attached hydrogens (tertiary/aromatic N) is 3. The first-order valence-corrected chi connectivity index (χ1v) is 11.6. The quantitative estimate of drug-likeness (QED) is 0.323. The molecular weight excluding hydrogens is 455 g/mol. The number of halogens is 3. The van der Waals surface area contributed by atoms with Crippen LogP contribution in [0.2, 0.25) is 15.1 Å². The highest BCUT2D eigenvalue weighted by molar-refractivity contribution is 6.36. The zero-order valence-electron chi connectivity index (χ0n) is 17.4. The van der Waals surface area contributed by atoms with Gasteiger partial charge in [-0.15, -0.1) is 10.2 Å². The Morgan fingerprint density at radius 1 is 0.871 bits per heavy atom. The first-order chi connectivity index (χ1) is 15.0. The first kappa shape index (κ1) is 23.6. The number of aromatic nitrogens is 3. The molecule has 2 aromatic carbocycles. The van der Waals surface area contributed by atoms with E-state index in [0.717, 1.165) is 23.2 Å². The molecule has 164 valence electrons. The fraction of sp³-hybridized carbons (Fsp3) is 0.348. The molecule has 0 atom stereocenters. The Morgan fingerprint density at radius 3 is 2.23 bits per heavy atom. The van der Waals surface area contributed by atoms with Gasteiger partial charge < -0.3 is 5.32 Å². The zero-order chi connectivity index (χ0) is 22.2. The van der Waals surface area contributed by atoms with E-state index in [-0.39, 0.29) is 6.03 Å². The van der Waals surface area contributed by atoms with Crippen LogP contribution in [0.5, 0.6) is 0 Å². The van der Waals surface area contributed by atoms with E-state index in [9.17, 15) is 4.79 Å². The highest BCUT2D eigenvalue weighted by Gasteiger charge is 2.20. The fourth-order valence-electron chi connectivity index (χ4n) is 3.23. The standard InChI is InChI=1S/C23H25Cl3N4O/c1-2-3-4-5-6-7-14-27-23(31)30-28-21(16-8-10-17(24)11-9-16)22(29-30)19-13-12-18(25)15-20(19)26/h8-13,15H,2-7,14H2,1H3,(H,27,31). The molecule has 0 aliphatic carbocycles. The van der Waals surface area contributed by atoms with E-state index in [2.05, 4.69) is 22.4 Å². The van der Waals surface area contributed by atoms with Gasteiger partial charge >= 0.3 is 6.03 Å². The summed E-state index contributed by atoms with van der Waals surface area (Å²) in [5.41, 5.74) is 2.46. The molecule has 1 heterocycles. The van der Waals surface area contributed by atoms with E-state index >= 15 is 0 Å². The highest BCUT2D eigenvalue weighted by atomic mass is 35.5. The molecule has 1 N–H and O–H groups in total. The molecule has 0 fully saturated rings. The number of nitrogens with one attached hydrogen (secondary N) is 1. The van der Waals surface area contributed by atoms with Gasteiger partial charge in [-0.25, -0.2) is 4.79 Å². The minimum absolute atomic E-state index is 0.375. The molecule has 1 amide bonds. The topological polar surface area (TPSA) is 59.8 Å². The van der Waals surface area contributed by atoms with E-state index in [4.69, 9.17) is 34.8 Å². The number of benzene rings is 2. The summed E-state index contributed by atoms with van der Waals surface area (Å²) in [5.74, 6) is 0. The van der Waals surface area contributed by atoms with Crippen LogP contribution in [0.25, 0.3) is 22.5 Å². The van der Waals surface area contributed by atoms with Crippen LogP contribution in [0.3, 0.4) is 0 Å². The molecule has 0 aliphatic rings. The molecule has 0 aliphatic heterocycles. The number of carbonyl (C=O) groups excluding carboxylic acids is 1. The second-order valence-electron chi connectivity index (χ2n) is 7.32. The minimum Gasteiger partial charge on any atom is -0.335 e. The van der Waals surface area contributed by atoms with Gasteiger partial charge in [-0.3, -0.25) is 0 Å².